The molecule has 1 amide bonds. The maximum atomic E-state index is 13.4. The summed E-state index contributed by atoms with van der Waals surface area (Å²) in [5.74, 6) is -0.735. The first kappa shape index (κ1) is 20.3. The van der Waals surface area contributed by atoms with Gasteiger partial charge >= 0.3 is 5.97 Å². The van der Waals surface area contributed by atoms with E-state index in [0.29, 0.717) is 33.4 Å². The number of rotatable bonds is 4. The van der Waals surface area contributed by atoms with E-state index < -0.39 is 5.97 Å². The van der Waals surface area contributed by atoms with Crippen LogP contribution in [0, 0.1) is 12.7 Å². The third-order valence-corrected chi connectivity index (χ3v) is 5.22. The summed E-state index contributed by atoms with van der Waals surface area (Å²) in [7, 11) is 2.88. The van der Waals surface area contributed by atoms with Gasteiger partial charge in [0.25, 0.3) is 5.91 Å². The number of hydrogen-bond donors (Lipinski definition) is 1. The van der Waals surface area contributed by atoms with Gasteiger partial charge in [-0.2, -0.15) is 0 Å². The number of halogens is 1. The number of benzene rings is 3. The van der Waals surface area contributed by atoms with Crippen LogP contribution in [0.15, 0.2) is 65.1 Å². The molecule has 5 nitrogen and oxygen atoms in total. The highest BCUT2D eigenvalue weighted by Crippen LogP contribution is 2.37. The molecule has 0 atom stereocenters. The highest BCUT2D eigenvalue weighted by atomic mass is 19.1. The lowest BCUT2D eigenvalue weighted by molar-refractivity contribution is 0.0600. The molecule has 0 bridgehead atoms. The molecule has 3 aromatic carbocycles. The molecule has 0 saturated heterocycles. The van der Waals surface area contributed by atoms with Gasteiger partial charge in [-0.05, 0) is 72.1 Å². The number of carbonyl (C=O) groups excluding carboxylic acids is 2. The second-order valence-electron chi connectivity index (χ2n) is 7.12. The predicted octanol–water partition coefficient (Wildman–Crippen LogP) is 5.36. The zero-order chi connectivity index (χ0) is 22.1. The third-order valence-electron chi connectivity index (χ3n) is 5.22. The Morgan fingerprint density at radius 1 is 0.968 bits per heavy atom. The van der Waals surface area contributed by atoms with E-state index in [1.807, 2.05) is 25.1 Å². The molecular weight excluding hydrogens is 397 g/mol. The topological polar surface area (TPSA) is 68.5 Å². The van der Waals surface area contributed by atoms with Crippen LogP contribution in [-0.4, -0.2) is 26.0 Å². The van der Waals surface area contributed by atoms with Crippen LogP contribution in [-0.2, 0) is 4.74 Å². The van der Waals surface area contributed by atoms with E-state index >= 15 is 0 Å². The van der Waals surface area contributed by atoms with Gasteiger partial charge < -0.3 is 14.5 Å². The van der Waals surface area contributed by atoms with Crippen molar-refractivity contribution in [2.24, 2.45) is 0 Å². The second-order valence-corrected chi connectivity index (χ2v) is 7.12. The largest absolute Gasteiger partial charge is 0.465 e. The molecule has 4 rings (SSSR count). The Kier molecular flexibility index (Phi) is 5.29. The van der Waals surface area contributed by atoms with Crippen molar-refractivity contribution >= 4 is 22.8 Å². The molecule has 1 aromatic heterocycles. The third kappa shape index (κ3) is 3.68. The van der Waals surface area contributed by atoms with Crippen molar-refractivity contribution < 1.29 is 23.1 Å². The second kappa shape index (κ2) is 8.07. The van der Waals surface area contributed by atoms with Crippen LogP contribution in [0.1, 0.15) is 26.3 Å². The molecule has 0 fully saturated rings. The van der Waals surface area contributed by atoms with Crippen molar-refractivity contribution in [3.8, 4) is 22.5 Å². The van der Waals surface area contributed by atoms with Gasteiger partial charge in [0, 0.05) is 18.0 Å². The number of aryl methyl sites for hydroxylation is 1. The number of hydrogen-bond acceptors (Lipinski definition) is 4. The van der Waals surface area contributed by atoms with Crippen LogP contribution < -0.4 is 5.32 Å². The first-order valence-corrected chi connectivity index (χ1v) is 9.67. The number of nitrogens with one attached hydrogen (secondary N) is 1. The molecule has 1 N–H and O–H groups in total. The zero-order valence-corrected chi connectivity index (χ0v) is 17.3. The van der Waals surface area contributed by atoms with E-state index in [2.05, 4.69) is 5.32 Å². The van der Waals surface area contributed by atoms with Gasteiger partial charge in [-0.3, -0.25) is 4.79 Å². The van der Waals surface area contributed by atoms with Gasteiger partial charge in [0.05, 0.1) is 18.2 Å². The minimum atomic E-state index is -0.421. The Hall–Kier alpha value is -3.93. The summed E-state index contributed by atoms with van der Waals surface area (Å²) in [6, 6.07) is 16.6. The van der Waals surface area contributed by atoms with Crippen LogP contribution in [0.4, 0.5) is 4.39 Å². The fourth-order valence-electron chi connectivity index (χ4n) is 3.60. The van der Waals surface area contributed by atoms with Crippen LogP contribution in [0.3, 0.4) is 0 Å². The van der Waals surface area contributed by atoms with Gasteiger partial charge in [-0.15, -0.1) is 0 Å². The van der Waals surface area contributed by atoms with Crippen molar-refractivity contribution in [1.29, 1.82) is 0 Å². The average molecular weight is 417 g/mol. The minimum absolute atomic E-state index is 0.310. The van der Waals surface area contributed by atoms with Gasteiger partial charge in [0.1, 0.15) is 17.2 Å². The maximum absolute atomic E-state index is 13.4. The molecule has 156 valence electrons. The van der Waals surface area contributed by atoms with Crippen LogP contribution >= 0.6 is 0 Å². The first-order chi connectivity index (χ1) is 14.9. The number of amides is 1. The summed E-state index contributed by atoms with van der Waals surface area (Å²) in [6.07, 6.45) is 0. The van der Waals surface area contributed by atoms with Crippen molar-refractivity contribution in [3.05, 3.63) is 83.2 Å². The summed E-state index contributed by atoms with van der Waals surface area (Å²) < 4.78 is 24.2. The molecule has 0 unspecified atom stereocenters. The quantitative estimate of drug-likeness (QED) is 0.454. The van der Waals surface area contributed by atoms with Crippen molar-refractivity contribution in [2.45, 2.75) is 6.92 Å². The van der Waals surface area contributed by atoms with E-state index in [0.717, 1.165) is 16.7 Å². The first-order valence-electron chi connectivity index (χ1n) is 9.67. The minimum Gasteiger partial charge on any atom is -0.465 e. The molecule has 1 heterocycles. The van der Waals surface area contributed by atoms with E-state index in [-0.39, 0.29) is 11.7 Å². The Morgan fingerprint density at radius 3 is 2.35 bits per heavy atom. The fraction of sp³-hybridized carbons (Fsp3) is 0.120. The smallest absolute Gasteiger partial charge is 0.337 e. The molecule has 0 saturated carbocycles. The standard InChI is InChI=1S/C25H20FNO4/c1-14-4-5-17(25(29)30-3)13-19(14)16-8-11-21-20(12-16)22(24(28)27-2)23(31-21)15-6-9-18(26)10-7-15/h4-13H,1-3H3,(H,27,28). The lowest BCUT2D eigenvalue weighted by Crippen LogP contribution is -2.18. The normalized spacial score (nSPS) is 10.8. The molecule has 4 aromatic rings. The molecular formula is C25H20FNO4. The van der Waals surface area contributed by atoms with Crippen LogP contribution in [0.25, 0.3) is 33.4 Å². The van der Waals surface area contributed by atoms with Crippen molar-refractivity contribution in [3.63, 3.8) is 0 Å². The molecule has 0 aliphatic carbocycles. The molecule has 0 aliphatic heterocycles. The highest BCUT2D eigenvalue weighted by Gasteiger charge is 2.22. The Labute approximate surface area is 178 Å². The summed E-state index contributed by atoms with van der Waals surface area (Å²) in [5, 5.41) is 3.27. The van der Waals surface area contributed by atoms with Gasteiger partial charge in [0.15, 0.2) is 0 Å². The number of ether oxygens (including phenoxy) is 1. The molecule has 0 aliphatic rings. The Bertz CT molecular complexity index is 1310. The SMILES string of the molecule is CNC(=O)c1c(-c2ccc(F)cc2)oc2ccc(-c3cc(C(=O)OC)ccc3C)cc12. The summed E-state index contributed by atoms with van der Waals surface area (Å²) in [6.45, 7) is 1.94. The van der Waals surface area contributed by atoms with E-state index in [4.69, 9.17) is 9.15 Å². The summed E-state index contributed by atoms with van der Waals surface area (Å²) in [5.41, 5.74) is 4.58. The van der Waals surface area contributed by atoms with E-state index in [1.54, 1.807) is 37.4 Å². The highest BCUT2D eigenvalue weighted by molar-refractivity contribution is 6.11. The molecule has 0 radical (unpaired) electrons. The van der Waals surface area contributed by atoms with Crippen LogP contribution in [0.2, 0.25) is 0 Å². The Morgan fingerprint density at radius 2 is 1.68 bits per heavy atom. The number of fused-ring (bicyclic) bond motifs is 1. The molecule has 6 heteroatoms. The number of methoxy groups -OCH3 is 1. The monoisotopic (exact) mass is 417 g/mol. The van der Waals surface area contributed by atoms with E-state index in [9.17, 15) is 14.0 Å². The van der Waals surface area contributed by atoms with Gasteiger partial charge in [-0.1, -0.05) is 12.1 Å². The number of carbonyl (C=O) groups is 2. The zero-order valence-electron chi connectivity index (χ0n) is 17.3. The van der Waals surface area contributed by atoms with Crippen LogP contribution in [0.5, 0.6) is 0 Å². The fourth-order valence-corrected chi connectivity index (χ4v) is 3.60. The van der Waals surface area contributed by atoms with Crippen molar-refractivity contribution in [2.75, 3.05) is 14.2 Å². The molecule has 0 spiro atoms. The summed E-state index contributed by atoms with van der Waals surface area (Å²) in [4.78, 5) is 24.7. The number of esters is 1. The Balaban J connectivity index is 1.93. The average Bonchev–Trinajstić information content (AvgIpc) is 3.17. The van der Waals surface area contributed by atoms with Gasteiger partial charge in [-0.25, -0.2) is 9.18 Å². The lowest BCUT2D eigenvalue weighted by Gasteiger charge is -2.09. The predicted molar refractivity (Wildman–Crippen MR) is 117 cm³/mol. The lowest BCUT2D eigenvalue weighted by atomic mass is 9.96. The number of furan rings is 1. The maximum Gasteiger partial charge on any atom is 0.337 e. The summed E-state index contributed by atoms with van der Waals surface area (Å²) >= 11 is 0. The van der Waals surface area contributed by atoms with Gasteiger partial charge in [0.2, 0.25) is 0 Å². The van der Waals surface area contributed by atoms with E-state index in [1.165, 1.54) is 19.2 Å². The molecule has 31 heavy (non-hydrogen) atoms. The van der Waals surface area contributed by atoms with Crippen molar-refractivity contribution in [1.82, 2.24) is 5.32 Å².